The molecule has 0 atom stereocenters. The van der Waals surface area contributed by atoms with Crippen molar-refractivity contribution >= 4 is 27.9 Å². The Morgan fingerprint density at radius 1 is 0.917 bits per heavy atom. The van der Waals surface area contributed by atoms with Gasteiger partial charge in [0.1, 0.15) is 0 Å². The van der Waals surface area contributed by atoms with E-state index in [0.717, 1.165) is 27.8 Å². The highest BCUT2D eigenvalue weighted by Crippen LogP contribution is 2.32. The average Bonchev–Trinajstić information content (AvgIpc) is 3.21. The van der Waals surface area contributed by atoms with E-state index in [-0.39, 0.29) is 0 Å². The van der Waals surface area contributed by atoms with Crippen LogP contribution in [0.5, 0.6) is 0 Å². The maximum absolute atomic E-state index is 4.87. The first-order valence-corrected chi connectivity index (χ1v) is 8.73. The van der Waals surface area contributed by atoms with Gasteiger partial charge in [-0.2, -0.15) is 10.2 Å². The Balaban J connectivity index is 1.76. The van der Waals surface area contributed by atoms with Gasteiger partial charge < -0.3 is 0 Å². The summed E-state index contributed by atoms with van der Waals surface area (Å²) >= 11 is 1.71. The zero-order valence-corrected chi connectivity index (χ0v) is 14.5. The van der Waals surface area contributed by atoms with Crippen molar-refractivity contribution in [3.05, 3.63) is 76.8 Å². The summed E-state index contributed by atoms with van der Waals surface area (Å²) in [6, 6.07) is 20.5. The minimum absolute atomic E-state index is 0.714. The standard InChI is InChI=1S/C19H18N4S/c1-14-15(2)24-19(20-14)22-13-18(16-9-5-3-6-10-16)21-23(22)17-11-7-4-8-12-17/h3-12H,13H2,1-2H3. The fraction of sp³-hybridized carbons (Fsp3) is 0.158. The van der Waals surface area contributed by atoms with Crippen LogP contribution >= 0.6 is 11.3 Å². The molecule has 120 valence electrons. The molecule has 2 heterocycles. The number of hydrogen-bond donors (Lipinski definition) is 0. The van der Waals surface area contributed by atoms with Crippen LogP contribution < -0.4 is 10.1 Å². The number of aryl methyl sites for hydroxylation is 2. The quantitative estimate of drug-likeness (QED) is 0.711. The summed E-state index contributed by atoms with van der Waals surface area (Å²) in [6.45, 7) is 4.88. The first-order valence-electron chi connectivity index (χ1n) is 7.92. The van der Waals surface area contributed by atoms with Crippen molar-refractivity contribution in [2.75, 3.05) is 16.7 Å². The van der Waals surface area contributed by atoms with Crippen molar-refractivity contribution in [1.29, 1.82) is 0 Å². The maximum atomic E-state index is 4.87. The highest BCUT2D eigenvalue weighted by atomic mass is 32.1. The molecule has 5 heteroatoms. The fourth-order valence-corrected chi connectivity index (χ4v) is 3.56. The van der Waals surface area contributed by atoms with Crippen LogP contribution in [-0.4, -0.2) is 17.2 Å². The van der Waals surface area contributed by atoms with Crippen molar-refractivity contribution in [2.45, 2.75) is 13.8 Å². The zero-order chi connectivity index (χ0) is 16.5. The number of thiazole rings is 1. The van der Waals surface area contributed by atoms with Gasteiger partial charge >= 0.3 is 0 Å². The van der Waals surface area contributed by atoms with Gasteiger partial charge in [0.25, 0.3) is 0 Å². The second kappa shape index (κ2) is 6.09. The molecule has 0 N–H and O–H groups in total. The Bertz CT molecular complexity index is 851. The molecular formula is C19H18N4S. The van der Waals surface area contributed by atoms with E-state index < -0.39 is 0 Å². The fourth-order valence-electron chi connectivity index (χ4n) is 2.66. The summed E-state index contributed by atoms with van der Waals surface area (Å²) in [5, 5.41) is 9.94. The van der Waals surface area contributed by atoms with Gasteiger partial charge in [0.2, 0.25) is 5.13 Å². The van der Waals surface area contributed by atoms with Crippen molar-refractivity contribution in [3.63, 3.8) is 0 Å². The number of hydrazone groups is 1. The molecule has 0 radical (unpaired) electrons. The molecular weight excluding hydrogens is 316 g/mol. The van der Waals surface area contributed by atoms with Gasteiger partial charge in [0, 0.05) is 4.88 Å². The molecule has 2 aromatic carbocycles. The minimum atomic E-state index is 0.714. The Morgan fingerprint density at radius 2 is 1.58 bits per heavy atom. The third-order valence-corrected chi connectivity index (χ3v) is 5.16. The minimum Gasteiger partial charge on any atom is -0.232 e. The van der Waals surface area contributed by atoms with E-state index in [2.05, 4.69) is 43.1 Å². The first kappa shape index (κ1) is 14.9. The lowest BCUT2D eigenvalue weighted by atomic mass is 10.1. The topological polar surface area (TPSA) is 31.7 Å². The van der Waals surface area contributed by atoms with E-state index in [9.17, 15) is 0 Å². The molecule has 24 heavy (non-hydrogen) atoms. The lowest BCUT2D eigenvalue weighted by Gasteiger charge is -2.25. The predicted molar refractivity (Wildman–Crippen MR) is 101 cm³/mol. The lowest BCUT2D eigenvalue weighted by molar-refractivity contribution is 0.845. The number of rotatable bonds is 3. The Hall–Kier alpha value is -2.66. The zero-order valence-electron chi connectivity index (χ0n) is 13.7. The first-order chi connectivity index (χ1) is 11.7. The second-order valence-electron chi connectivity index (χ2n) is 5.73. The molecule has 4 nitrogen and oxygen atoms in total. The van der Waals surface area contributed by atoms with Crippen LogP contribution in [0, 0.1) is 13.8 Å². The summed E-state index contributed by atoms with van der Waals surface area (Å²) in [5.41, 5.74) is 4.31. The normalized spacial score (nSPS) is 14.2. The molecule has 1 aliphatic rings. The number of hydrogen-bond acceptors (Lipinski definition) is 5. The van der Waals surface area contributed by atoms with Gasteiger partial charge in [0.05, 0.1) is 23.6 Å². The van der Waals surface area contributed by atoms with Gasteiger partial charge in [-0.25, -0.2) is 9.99 Å². The summed E-state index contributed by atoms with van der Waals surface area (Å²) < 4.78 is 0. The number of hydrazine groups is 1. The molecule has 0 unspecified atom stereocenters. The number of aromatic nitrogens is 1. The summed E-state index contributed by atoms with van der Waals surface area (Å²) in [7, 11) is 0. The molecule has 1 aliphatic heterocycles. The Labute approximate surface area is 145 Å². The molecule has 0 spiro atoms. The second-order valence-corrected chi connectivity index (χ2v) is 6.92. The summed E-state index contributed by atoms with van der Waals surface area (Å²) in [4.78, 5) is 5.97. The number of anilines is 2. The molecule has 0 saturated carbocycles. The molecule has 0 aliphatic carbocycles. The molecule has 0 fully saturated rings. The van der Waals surface area contributed by atoms with Crippen LogP contribution in [0.4, 0.5) is 10.8 Å². The third-order valence-electron chi connectivity index (χ3n) is 4.08. The van der Waals surface area contributed by atoms with Crippen LogP contribution in [0.2, 0.25) is 0 Å². The van der Waals surface area contributed by atoms with E-state index in [1.165, 1.54) is 4.88 Å². The van der Waals surface area contributed by atoms with Crippen molar-refractivity contribution in [3.8, 4) is 0 Å². The van der Waals surface area contributed by atoms with Gasteiger partial charge in [-0.1, -0.05) is 48.5 Å². The van der Waals surface area contributed by atoms with Crippen LogP contribution in [0.25, 0.3) is 0 Å². The van der Waals surface area contributed by atoms with Crippen molar-refractivity contribution in [1.82, 2.24) is 4.98 Å². The smallest absolute Gasteiger partial charge is 0.206 e. The van der Waals surface area contributed by atoms with Gasteiger partial charge in [-0.3, -0.25) is 0 Å². The monoisotopic (exact) mass is 334 g/mol. The molecule has 1 aromatic heterocycles. The highest BCUT2D eigenvalue weighted by Gasteiger charge is 2.28. The largest absolute Gasteiger partial charge is 0.232 e. The van der Waals surface area contributed by atoms with E-state index >= 15 is 0 Å². The summed E-state index contributed by atoms with van der Waals surface area (Å²) in [5.74, 6) is 0. The van der Waals surface area contributed by atoms with E-state index in [4.69, 9.17) is 10.1 Å². The Morgan fingerprint density at radius 3 is 2.21 bits per heavy atom. The number of nitrogens with zero attached hydrogens (tertiary/aromatic N) is 4. The van der Waals surface area contributed by atoms with Crippen LogP contribution in [0.15, 0.2) is 65.8 Å². The van der Waals surface area contributed by atoms with Crippen LogP contribution in [-0.2, 0) is 0 Å². The van der Waals surface area contributed by atoms with Crippen LogP contribution in [0.1, 0.15) is 16.1 Å². The third kappa shape index (κ3) is 2.67. The predicted octanol–water partition coefficient (Wildman–Crippen LogP) is 4.41. The molecule has 0 saturated heterocycles. The van der Waals surface area contributed by atoms with E-state index in [1.54, 1.807) is 11.3 Å². The van der Waals surface area contributed by atoms with Gasteiger partial charge in [-0.05, 0) is 31.5 Å². The SMILES string of the molecule is Cc1nc(N2CC(c3ccccc3)=NN2c2ccccc2)sc1C. The number of benzene rings is 2. The van der Waals surface area contributed by atoms with Gasteiger partial charge in [-0.15, -0.1) is 11.3 Å². The Kier molecular flexibility index (Phi) is 3.78. The number of para-hydroxylation sites is 1. The van der Waals surface area contributed by atoms with Crippen LogP contribution in [0.3, 0.4) is 0 Å². The maximum Gasteiger partial charge on any atom is 0.206 e. The van der Waals surface area contributed by atoms with Gasteiger partial charge in [0.15, 0.2) is 0 Å². The average molecular weight is 334 g/mol. The molecule has 3 aromatic rings. The molecule has 0 amide bonds. The summed E-state index contributed by atoms with van der Waals surface area (Å²) in [6.07, 6.45) is 0. The molecule has 4 rings (SSSR count). The van der Waals surface area contributed by atoms with Crippen molar-refractivity contribution < 1.29 is 0 Å². The lowest BCUT2D eigenvalue weighted by Crippen LogP contribution is -2.35. The van der Waals surface area contributed by atoms with E-state index in [1.807, 2.05) is 41.5 Å². The molecule has 0 bridgehead atoms. The highest BCUT2D eigenvalue weighted by molar-refractivity contribution is 7.15. The van der Waals surface area contributed by atoms with Crippen molar-refractivity contribution in [2.24, 2.45) is 5.10 Å². The van der Waals surface area contributed by atoms with E-state index in [0.29, 0.717) is 6.54 Å².